The van der Waals surface area contributed by atoms with Crippen LogP contribution in [0.4, 0.5) is 10.2 Å². The van der Waals surface area contributed by atoms with Crippen molar-refractivity contribution in [3.05, 3.63) is 17.3 Å². The second-order valence-electron chi connectivity index (χ2n) is 3.39. The Morgan fingerprint density at radius 1 is 1.64 bits per heavy atom. The predicted octanol–water partition coefficient (Wildman–Crippen LogP) is 2.43. The number of hydrogen-bond donors (Lipinski definition) is 1. The lowest BCUT2D eigenvalue weighted by atomic mass is 10.0. The Hall–Kier alpha value is -0.480. The van der Waals surface area contributed by atoms with E-state index in [0.29, 0.717) is 28.8 Å². The van der Waals surface area contributed by atoms with E-state index in [1.807, 2.05) is 4.90 Å². The Morgan fingerprint density at radius 3 is 3.00 bits per heavy atom. The van der Waals surface area contributed by atoms with E-state index in [9.17, 15) is 4.39 Å². The molecule has 0 aromatic carbocycles. The zero-order chi connectivity index (χ0) is 10.1. The van der Waals surface area contributed by atoms with Crippen LogP contribution < -0.4 is 4.90 Å². The number of nitrogens with zero attached hydrogens (tertiary/aromatic N) is 2. The maximum absolute atomic E-state index is 12.2. The summed E-state index contributed by atoms with van der Waals surface area (Å²) in [6, 6.07) is 1.74. The molecule has 0 unspecified atom stereocenters. The molecule has 1 aliphatic heterocycles. The Bertz CT molecular complexity index is 342. The Kier molecular flexibility index (Phi) is 2.83. The number of pyridine rings is 1. The van der Waals surface area contributed by atoms with E-state index in [2.05, 4.69) is 17.6 Å². The van der Waals surface area contributed by atoms with Crippen LogP contribution in [0, 0.1) is 5.92 Å². The minimum absolute atomic E-state index is 0.136. The van der Waals surface area contributed by atoms with Crippen LogP contribution in [0.25, 0.3) is 0 Å². The molecule has 0 saturated carbocycles. The van der Waals surface area contributed by atoms with Gasteiger partial charge < -0.3 is 4.90 Å². The largest absolute Gasteiger partial charge is 0.354 e. The molecule has 0 aliphatic carbocycles. The predicted molar refractivity (Wildman–Crippen MR) is 58.2 cm³/mol. The molecular formula is C9H10ClFN2S. The molecule has 2 rings (SSSR count). The normalized spacial score (nSPS) is 16.9. The van der Waals surface area contributed by atoms with Gasteiger partial charge in [0.25, 0.3) is 0 Å². The maximum Gasteiger partial charge on any atom is 0.148 e. The molecule has 0 bridgehead atoms. The van der Waals surface area contributed by atoms with Crippen LogP contribution in [0.3, 0.4) is 0 Å². The standard InChI is InChI=1S/C9H10ClFN2S/c10-8-7(14)1-2-12-9(8)13-4-6(3-11)5-13/h1-2,6H,3-5H2,(H,12,14). The van der Waals surface area contributed by atoms with Crippen molar-refractivity contribution in [1.82, 2.24) is 4.98 Å². The fraction of sp³-hybridized carbons (Fsp3) is 0.444. The zero-order valence-corrected chi connectivity index (χ0v) is 9.10. The first-order valence-corrected chi connectivity index (χ1v) is 5.19. The SMILES string of the molecule is FCC1CN(c2nccc(S)c2Cl)C1. The van der Waals surface area contributed by atoms with E-state index in [0.717, 1.165) is 0 Å². The van der Waals surface area contributed by atoms with E-state index in [1.165, 1.54) is 0 Å². The third kappa shape index (κ3) is 1.68. The van der Waals surface area contributed by atoms with Crippen LogP contribution in [-0.2, 0) is 0 Å². The molecule has 5 heteroatoms. The number of aromatic nitrogens is 1. The number of hydrogen-bond acceptors (Lipinski definition) is 3. The van der Waals surface area contributed by atoms with Crippen LogP contribution in [0.15, 0.2) is 17.2 Å². The highest BCUT2D eigenvalue weighted by Gasteiger charge is 2.29. The number of alkyl halides is 1. The molecule has 2 nitrogen and oxygen atoms in total. The van der Waals surface area contributed by atoms with Gasteiger partial charge in [0.15, 0.2) is 0 Å². The molecule has 1 saturated heterocycles. The summed E-state index contributed by atoms with van der Waals surface area (Å²) >= 11 is 10.2. The lowest BCUT2D eigenvalue weighted by Crippen LogP contribution is -2.48. The minimum Gasteiger partial charge on any atom is -0.354 e. The lowest BCUT2D eigenvalue weighted by molar-refractivity contribution is 0.305. The number of rotatable bonds is 2. The lowest BCUT2D eigenvalue weighted by Gasteiger charge is -2.39. The van der Waals surface area contributed by atoms with Gasteiger partial charge in [0.2, 0.25) is 0 Å². The molecule has 1 aromatic rings. The fourth-order valence-electron chi connectivity index (χ4n) is 1.48. The quantitative estimate of drug-likeness (QED) is 0.789. The summed E-state index contributed by atoms with van der Waals surface area (Å²) in [5, 5.41) is 0.549. The van der Waals surface area contributed by atoms with E-state index in [4.69, 9.17) is 11.6 Å². The Balaban J connectivity index is 2.14. The van der Waals surface area contributed by atoms with Gasteiger partial charge in [-0.15, -0.1) is 12.6 Å². The first kappa shape index (κ1) is 10.1. The van der Waals surface area contributed by atoms with Crippen LogP contribution in [0.5, 0.6) is 0 Å². The summed E-state index contributed by atoms with van der Waals surface area (Å²) in [6.45, 7) is 1.12. The first-order valence-electron chi connectivity index (χ1n) is 4.36. The van der Waals surface area contributed by atoms with Crippen molar-refractivity contribution in [3.8, 4) is 0 Å². The van der Waals surface area contributed by atoms with Gasteiger partial charge in [-0.1, -0.05) is 11.6 Å². The molecular weight excluding hydrogens is 223 g/mol. The average molecular weight is 233 g/mol. The van der Waals surface area contributed by atoms with Gasteiger partial charge in [-0.25, -0.2) is 4.98 Å². The van der Waals surface area contributed by atoms with Crippen molar-refractivity contribution < 1.29 is 4.39 Å². The average Bonchev–Trinajstić information content (AvgIpc) is 2.10. The van der Waals surface area contributed by atoms with E-state index >= 15 is 0 Å². The topological polar surface area (TPSA) is 16.1 Å². The molecule has 1 aliphatic rings. The molecule has 0 spiro atoms. The molecule has 2 heterocycles. The number of thiol groups is 1. The number of halogens is 2. The van der Waals surface area contributed by atoms with Crippen LogP contribution in [-0.4, -0.2) is 24.7 Å². The zero-order valence-electron chi connectivity index (χ0n) is 7.45. The Morgan fingerprint density at radius 2 is 2.36 bits per heavy atom. The van der Waals surface area contributed by atoms with Gasteiger partial charge in [-0.05, 0) is 6.07 Å². The van der Waals surface area contributed by atoms with Crippen molar-refractivity contribution >= 4 is 30.0 Å². The van der Waals surface area contributed by atoms with Gasteiger partial charge in [-0.2, -0.15) is 0 Å². The van der Waals surface area contributed by atoms with E-state index in [1.54, 1.807) is 12.3 Å². The van der Waals surface area contributed by atoms with Crippen molar-refractivity contribution in [2.75, 3.05) is 24.7 Å². The molecule has 0 atom stereocenters. The highest BCUT2D eigenvalue weighted by molar-refractivity contribution is 7.80. The van der Waals surface area contributed by atoms with Gasteiger partial charge in [0.1, 0.15) is 5.82 Å². The smallest absolute Gasteiger partial charge is 0.148 e. The molecule has 1 fully saturated rings. The van der Waals surface area contributed by atoms with Gasteiger partial charge in [-0.3, -0.25) is 4.39 Å². The van der Waals surface area contributed by atoms with E-state index < -0.39 is 0 Å². The number of anilines is 1. The van der Waals surface area contributed by atoms with Crippen molar-refractivity contribution in [1.29, 1.82) is 0 Å². The molecule has 0 N–H and O–H groups in total. The fourth-order valence-corrected chi connectivity index (χ4v) is 1.88. The molecule has 0 radical (unpaired) electrons. The summed E-state index contributed by atoms with van der Waals surface area (Å²) < 4.78 is 12.2. The highest BCUT2D eigenvalue weighted by Crippen LogP contribution is 2.33. The molecule has 0 amide bonds. The van der Waals surface area contributed by atoms with Crippen LogP contribution in [0.2, 0.25) is 5.02 Å². The van der Waals surface area contributed by atoms with Crippen molar-refractivity contribution in [2.24, 2.45) is 5.92 Å². The third-order valence-electron chi connectivity index (χ3n) is 2.33. The van der Waals surface area contributed by atoms with Crippen molar-refractivity contribution in [3.63, 3.8) is 0 Å². The van der Waals surface area contributed by atoms with Gasteiger partial charge in [0, 0.05) is 30.1 Å². The van der Waals surface area contributed by atoms with E-state index in [-0.39, 0.29) is 12.6 Å². The van der Waals surface area contributed by atoms with Crippen LogP contribution in [0.1, 0.15) is 0 Å². The summed E-state index contributed by atoms with van der Waals surface area (Å²) in [5.74, 6) is 0.848. The Labute approximate surface area is 92.5 Å². The van der Waals surface area contributed by atoms with Gasteiger partial charge in [0.05, 0.1) is 11.7 Å². The molecule has 14 heavy (non-hydrogen) atoms. The van der Waals surface area contributed by atoms with Gasteiger partial charge >= 0.3 is 0 Å². The van der Waals surface area contributed by atoms with Crippen LogP contribution >= 0.6 is 24.2 Å². The summed E-state index contributed by atoms with van der Waals surface area (Å²) in [5.41, 5.74) is 0. The molecule has 76 valence electrons. The highest BCUT2D eigenvalue weighted by atomic mass is 35.5. The monoisotopic (exact) mass is 232 g/mol. The second-order valence-corrected chi connectivity index (χ2v) is 4.25. The summed E-state index contributed by atoms with van der Waals surface area (Å²) in [7, 11) is 0. The summed E-state index contributed by atoms with van der Waals surface area (Å²) in [6.07, 6.45) is 1.66. The first-order chi connectivity index (χ1) is 6.72. The third-order valence-corrected chi connectivity index (χ3v) is 3.20. The molecule has 1 aromatic heterocycles. The maximum atomic E-state index is 12.2. The summed E-state index contributed by atoms with van der Waals surface area (Å²) in [4.78, 5) is 6.83. The van der Waals surface area contributed by atoms with Crippen molar-refractivity contribution in [2.45, 2.75) is 4.90 Å². The second kappa shape index (κ2) is 3.95. The minimum atomic E-state index is -0.269.